The van der Waals surface area contributed by atoms with Crippen LogP contribution in [0.25, 0.3) is 0 Å². The van der Waals surface area contributed by atoms with Gasteiger partial charge in [0.05, 0.1) is 5.41 Å². The van der Waals surface area contributed by atoms with Crippen LogP contribution in [-0.4, -0.2) is 37.0 Å². The molecule has 1 unspecified atom stereocenters. The lowest BCUT2D eigenvalue weighted by Gasteiger charge is -2.31. The van der Waals surface area contributed by atoms with Crippen molar-refractivity contribution in [3.8, 4) is 0 Å². The molecule has 1 aliphatic heterocycles. The van der Waals surface area contributed by atoms with Crippen LogP contribution in [-0.2, 0) is 10.2 Å². The number of hydrogen-bond donors (Lipinski definition) is 1. The van der Waals surface area contributed by atoms with Crippen molar-refractivity contribution >= 4 is 21.8 Å². The Balaban J connectivity index is 1.52. The van der Waals surface area contributed by atoms with E-state index < -0.39 is 0 Å². The highest BCUT2D eigenvalue weighted by molar-refractivity contribution is 9.10. The van der Waals surface area contributed by atoms with Crippen molar-refractivity contribution in [1.82, 2.24) is 10.2 Å². The summed E-state index contributed by atoms with van der Waals surface area (Å²) in [5.74, 6) is 0.997. The lowest BCUT2D eigenvalue weighted by molar-refractivity contribution is -0.123. The van der Waals surface area contributed by atoms with Crippen molar-refractivity contribution in [2.24, 2.45) is 5.92 Å². The van der Waals surface area contributed by atoms with E-state index in [0.29, 0.717) is 0 Å². The van der Waals surface area contributed by atoms with Gasteiger partial charge in [0, 0.05) is 24.1 Å². The lowest BCUT2D eigenvalue weighted by atomic mass is 9.95. The average Bonchev–Trinajstić information content (AvgIpc) is 3.29. The molecule has 1 heterocycles. The van der Waals surface area contributed by atoms with E-state index in [9.17, 15) is 4.79 Å². The van der Waals surface area contributed by atoms with Gasteiger partial charge in [0.1, 0.15) is 0 Å². The molecule has 120 valence electrons. The Morgan fingerprint density at radius 3 is 2.95 bits per heavy atom. The van der Waals surface area contributed by atoms with E-state index in [4.69, 9.17) is 0 Å². The Morgan fingerprint density at radius 2 is 2.27 bits per heavy atom. The molecule has 0 radical (unpaired) electrons. The van der Waals surface area contributed by atoms with Crippen LogP contribution in [0, 0.1) is 5.92 Å². The quantitative estimate of drug-likeness (QED) is 0.868. The molecule has 3 rings (SSSR count). The van der Waals surface area contributed by atoms with Crippen molar-refractivity contribution in [1.29, 1.82) is 0 Å². The third-order valence-electron chi connectivity index (χ3n) is 5.02. The van der Waals surface area contributed by atoms with Crippen LogP contribution >= 0.6 is 15.9 Å². The monoisotopic (exact) mass is 364 g/mol. The van der Waals surface area contributed by atoms with Crippen molar-refractivity contribution in [3.05, 3.63) is 34.3 Å². The van der Waals surface area contributed by atoms with Crippen LogP contribution in [0.4, 0.5) is 0 Å². The van der Waals surface area contributed by atoms with Crippen LogP contribution in [0.1, 0.15) is 38.2 Å². The fourth-order valence-electron chi connectivity index (χ4n) is 3.54. The summed E-state index contributed by atoms with van der Waals surface area (Å²) in [6.07, 6.45) is 4.57. The standard InChI is InChI=1S/C18H25BrN2O/c1-14-4-3-10-21(13-14)11-9-20-17(22)18(7-8-18)15-5-2-6-16(19)12-15/h2,5-6,12,14H,3-4,7-11,13H2,1H3,(H,20,22). The minimum atomic E-state index is -0.265. The van der Waals surface area contributed by atoms with Crippen molar-refractivity contribution in [3.63, 3.8) is 0 Å². The highest BCUT2D eigenvalue weighted by Gasteiger charge is 2.51. The maximum atomic E-state index is 12.6. The summed E-state index contributed by atoms with van der Waals surface area (Å²) in [5.41, 5.74) is 0.880. The van der Waals surface area contributed by atoms with Gasteiger partial charge >= 0.3 is 0 Å². The molecule has 3 nitrogen and oxygen atoms in total. The largest absolute Gasteiger partial charge is 0.354 e. The molecule has 2 fully saturated rings. The number of piperidine rings is 1. The molecule has 1 aromatic rings. The van der Waals surface area contributed by atoms with Gasteiger partial charge in [-0.15, -0.1) is 0 Å². The molecular weight excluding hydrogens is 340 g/mol. The molecule has 1 saturated heterocycles. The first-order valence-corrected chi connectivity index (χ1v) is 9.16. The average molecular weight is 365 g/mol. The van der Waals surface area contributed by atoms with Crippen molar-refractivity contribution in [2.45, 2.75) is 38.0 Å². The fraction of sp³-hybridized carbons (Fsp3) is 0.611. The van der Waals surface area contributed by atoms with Crippen molar-refractivity contribution in [2.75, 3.05) is 26.2 Å². The molecule has 1 N–H and O–H groups in total. The third-order valence-corrected chi connectivity index (χ3v) is 5.51. The molecule has 1 saturated carbocycles. The minimum Gasteiger partial charge on any atom is -0.354 e. The number of hydrogen-bond acceptors (Lipinski definition) is 2. The summed E-state index contributed by atoms with van der Waals surface area (Å²) in [6.45, 7) is 6.41. The normalized spacial score (nSPS) is 24.0. The number of nitrogens with zero attached hydrogens (tertiary/aromatic N) is 1. The molecule has 1 aromatic carbocycles. The highest BCUT2D eigenvalue weighted by atomic mass is 79.9. The van der Waals surface area contributed by atoms with Gasteiger partial charge in [-0.25, -0.2) is 0 Å². The topological polar surface area (TPSA) is 32.3 Å². The van der Waals surface area contributed by atoms with Gasteiger partial charge < -0.3 is 10.2 Å². The van der Waals surface area contributed by atoms with Crippen molar-refractivity contribution < 1.29 is 4.79 Å². The lowest BCUT2D eigenvalue weighted by Crippen LogP contribution is -2.42. The van der Waals surface area contributed by atoms with Crippen LogP contribution < -0.4 is 5.32 Å². The maximum absolute atomic E-state index is 12.6. The van der Waals surface area contributed by atoms with E-state index in [0.717, 1.165) is 41.9 Å². The number of carbonyl (C=O) groups excluding carboxylic acids is 1. The summed E-state index contributed by atoms with van der Waals surface area (Å²) >= 11 is 3.50. The summed E-state index contributed by atoms with van der Waals surface area (Å²) in [5, 5.41) is 3.17. The zero-order chi connectivity index (χ0) is 15.6. The van der Waals surface area contributed by atoms with Gasteiger partial charge in [-0.05, 0) is 55.8 Å². The second-order valence-corrected chi connectivity index (χ2v) is 7.81. The van der Waals surface area contributed by atoms with E-state index in [1.165, 1.54) is 25.9 Å². The molecule has 1 amide bonds. The van der Waals surface area contributed by atoms with E-state index >= 15 is 0 Å². The van der Waals surface area contributed by atoms with Gasteiger partial charge in [-0.3, -0.25) is 4.79 Å². The SMILES string of the molecule is CC1CCCN(CCNC(=O)C2(c3cccc(Br)c3)CC2)C1. The van der Waals surface area contributed by atoms with Gasteiger partial charge in [0.25, 0.3) is 0 Å². The van der Waals surface area contributed by atoms with Gasteiger partial charge in [-0.1, -0.05) is 35.0 Å². The van der Waals surface area contributed by atoms with E-state index in [-0.39, 0.29) is 11.3 Å². The summed E-state index contributed by atoms with van der Waals surface area (Å²) in [4.78, 5) is 15.1. The maximum Gasteiger partial charge on any atom is 0.230 e. The van der Waals surface area contributed by atoms with Crippen LogP contribution in [0.3, 0.4) is 0 Å². The number of benzene rings is 1. The molecule has 22 heavy (non-hydrogen) atoms. The van der Waals surface area contributed by atoms with E-state index in [1.54, 1.807) is 0 Å². The predicted molar refractivity (Wildman–Crippen MR) is 92.9 cm³/mol. The molecular formula is C18H25BrN2O. The van der Waals surface area contributed by atoms with E-state index in [1.807, 2.05) is 12.1 Å². The molecule has 0 spiro atoms. The fourth-order valence-corrected chi connectivity index (χ4v) is 3.94. The Kier molecular flexibility index (Phi) is 4.88. The number of nitrogens with one attached hydrogen (secondary N) is 1. The molecule has 1 atom stereocenters. The van der Waals surface area contributed by atoms with E-state index in [2.05, 4.69) is 45.2 Å². The van der Waals surface area contributed by atoms with Gasteiger partial charge in [0.2, 0.25) is 5.91 Å². The first-order valence-electron chi connectivity index (χ1n) is 8.37. The molecule has 2 aliphatic rings. The first-order chi connectivity index (χ1) is 10.6. The number of carbonyl (C=O) groups is 1. The molecule has 1 aliphatic carbocycles. The second-order valence-electron chi connectivity index (χ2n) is 6.90. The number of likely N-dealkylation sites (tertiary alicyclic amines) is 1. The smallest absolute Gasteiger partial charge is 0.230 e. The number of amides is 1. The Bertz CT molecular complexity index is 542. The summed E-state index contributed by atoms with van der Waals surface area (Å²) in [6, 6.07) is 8.18. The third kappa shape index (κ3) is 3.54. The Morgan fingerprint density at radius 1 is 1.45 bits per heavy atom. The molecule has 0 aromatic heterocycles. The predicted octanol–water partition coefficient (Wildman–Crippen LogP) is 3.33. The highest BCUT2D eigenvalue weighted by Crippen LogP contribution is 2.48. The van der Waals surface area contributed by atoms with Crippen LogP contribution in [0.5, 0.6) is 0 Å². The zero-order valence-corrected chi connectivity index (χ0v) is 14.9. The summed E-state index contributed by atoms with van der Waals surface area (Å²) in [7, 11) is 0. The van der Waals surface area contributed by atoms with Gasteiger partial charge in [0.15, 0.2) is 0 Å². The zero-order valence-electron chi connectivity index (χ0n) is 13.3. The molecule has 0 bridgehead atoms. The minimum absolute atomic E-state index is 0.204. The van der Waals surface area contributed by atoms with Crippen LogP contribution in [0.15, 0.2) is 28.7 Å². The first kappa shape index (κ1) is 16.0. The van der Waals surface area contributed by atoms with Crippen LogP contribution in [0.2, 0.25) is 0 Å². The van der Waals surface area contributed by atoms with Gasteiger partial charge in [-0.2, -0.15) is 0 Å². The summed E-state index contributed by atoms with van der Waals surface area (Å²) < 4.78 is 1.05. The Labute approximate surface area is 141 Å². The number of rotatable bonds is 5. The number of halogens is 1. The molecule has 4 heteroatoms. The Hall–Kier alpha value is -0.870. The second kappa shape index (κ2) is 6.71.